The van der Waals surface area contributed by atoms with Crippen molar-refractivity contribution < 1.29 is 14.3 Å². The van der Waals surface area contributed by atoms with Gasteiger partial charge in [0.2, 0.25) is 5.91 Å². The van der Waals surface area contributed by atoms with Crippen molar-refractivity contribution in [1.29, 1.82) is 0 Å². The highest BCUT2D eigenvalue weighted by Gasteiger charge is 2.36. The topological polar surface area (TPSA) is 53.7 Å². The van der Waals surface area contributed by atoms with E-state index in [0.29, 0.717) is 12.5 Å². The maximum absolute atomic E-state index is 12.9. The molecule has 1 N–H and O–H groups in total. The van der Waals surface area contributed by atoms with Crippen LogP contribution in [0.25, 0.3) is 0 Å². The molecule has 1 aliphatic rings. The number of carbonyl (C=O) groups excluding carboxylic acids is 1. The van der Waals surface area contributed by atoms with Gasteiger partial charge in [0, 0.05) is 6.54 Å². The number of nitrogens with zero attached hydrogens (tertiary/aromatic N) is 1. The maximum Gasteiger partial charge on any atom is 0.226 e. The van der Waals surface area contributed by atoms with Crippen LogP contribution in [0.1, 0.15) is 50.5 Å². The van der Waals surface area contributed by atoms with Gasteiger partial charge in [-0.05, 0) is 43.4 Å². The smallest absolute Gasteiger partial charge is 0.226 e. The van der Waals surface area contributed by atoms with Gasteiger partial charge in [-0.2, -0.15) is 0 Å². The summed E-state index contributed by atoms with van der Waals surface area (Å²) in [6, 6.07) is 13.1. The van der Waals surface area contributed by atoms with Gasteiger partial charge in [-0.25, -0.2) is 0 Å². The number of amides is 1. The molecule has 1 amide bonds. The number of hydrogen-bond acceptors (Lipinski definition) is 3. The molecule has 128 valence electrons. The number of benzene rings is 1. The Morgan fingerprint density at radius 2 is 2.04 bits per heavy atom. The first-order valence-electron chi connectivity index (χ1n) is 8.58. The normalized spacial score (nSPS) is 23.7. The lowest BCUT2D eigenvalue weighted by Gasteiger charge is -2.39. The van der Waals surface area contributed by atoms with Crippen molar-refractivity contribution in [3.8, 4) is 0 Å². The largest absolute Gasteiger partial charge is 0.467 e. The van der Waals surface area contributed by atoms with Crippen LogP contribution in [-0.4, -0.2) is 22.5 Å². The molecule has 1 saturated heterocycles. The van der Waals surface area contributed by atoms with Crippen molar-refractivity contribution in [1.82, 2.24) is 4.90 Å². The van der Waals surface area contributed by atoms with Gasteiger partial charge < -0.3 is 14.4 Å². The lowest BCUT2D eigenvalue weighted by molar-refractivity contribution is -0.141. The van der Waals surface area contributed by atoms with E-state index in [4.69, 9.17) is 4.42 Å². The summed E-state index contributed by atoms with van der Waals surface area (Å²) >= 11 is 0. The number of carbonyl (C=O) groups is 1. The van der Waals surface area contributed by atoms with Crippen molar-refractivity contribution in [3.05, 3.63) is 60.1 Å². The predicted octanol–water partition coefficient (Wildman–Crippen LogP) is 3.88. The average Bonchev–Trinajstić information content (AvgIpc) is 3.09. The number of furan rings is 1. The molecule has 1 aliphatic heterocycles. The molecule has 0 aliphatic carbocycles. The van der Waals surface area contributed by atoms with Crippen LogP contribution >= 0.6 is 0 Å². The first-order chi connectivity index (χ1) is 11.5. The SMILES string of the molecule is CC1CCN(C(=O)CC(C)(O)c2ccccc2)C(c2ccco2)C1. The van der Waals surface area contributed by atoms with Gasteiger partial charge >= 0.3 is 0 Å². The molecule has 0 bridgehead atoms. The van der Waals surface area contributed by atoms with E-state index in [1.54, 1.807) is 13.2 Å². The third-order valence-electron chi connectivity index (χ3n) is 4.95. The zero-order chi connectivity index (χ0) is 17.2. The fourth-order valence-corrected chi connectivity index (χ4v) is 3.49. The van der Waals surface area contributed by atoms with Crippen molar-refractivity contribution in [2.75, 3.05) is 6.54 Å². The first kappa shape index (κ1) is 16.8. The summed E-state index contributed by atoms with van der Waals surface area (Å²) in [6.45, 7) is 4.61. The Labute approximate surface area is 143 Å². The van der Waals surface area contributed by atoms with Gasteiger partial charge in [-0.1, -0.05) is 37.3 Å². The standard InChI is InChI=1S/C20H25NO3/c1-15-10-11-21(17(13-15)18-9-6-12-24-18)19(22)14-20(2,23)16-7-4-3-5-8-16/h3-9,12,15,17,23H,10-11,13-14H2,1-2H3. The van der Waals surface area contributed by atoms with E-state index in [1.165, 1.54) is 0 Å². The monoisotopic (exact) mass is 327 g/mol. The van der Waals surface area contributed by atoms with Gasteiger partial charge in [0.05, 0.1) is 24.3 Å². The van der Waals surface area contributed by atoms with Crippen LogP contribution < -0.4 is 0 Å². The Morgan fingerprint density at radius 3 is 2.71 bits per heavy atom. The van der Waals surface area contributed by atoms with Crippen LogP contribution in [0.15, 0.2) is 53.1 Å². The van der Waals surface area contributed by atoms with Crippen LogP contribution in [0.2, 0.25) is 0 Å². The van der Waals surface area contributed by atoms with E-state index in [9.17, 15) is 9.90 Å². The molecule has 2 aromatic rings. The highest BCUT2D eigenvalue weighted by atomic mass is 16.3. The van der Waals surface area contributed by atoms with Gasteiger partial charge in [0.1, 0.15) is 5.76 Å². The van der Waals surface area contributed by atoms with Gasteiger partial charge in [0.25, 0.3) is 0 Å². The number of likely N-dealkylation sites (tertiary alicyclic amines) is 1. The van der Waals surface area contributed by atoms with E-state index >= 15 is 0 Å². The Hall–Kier alpha value is -2.07. The van der Waals surface area contributed by atoms with Crippen LogP contribution in [-0.2, 0) is 10.4 Å². The zero-order valence-corrected chi connectivity index (χ0v) is 14.3. The second kappa shape index (κ2) is 6.81. The molecule has 1 aromatic heterocycles. The fourth-order valence-electron chi connectivity index (χ4n) is 3.49. The van der Waals surface area contributed by atoms with Crippen molar-refractivity contribution in [2.45, 2.75) is 44.8 Å². The van der Waals surface area contributed by atoms with Crippen molar-refractivity contribution in [2.24, 2.45) is 5.92 Å². The van der Waals surface area contributed by atoms with E-state index in [0.717, 1.165) is 24.2 Å². The minimum Gasteiger partial charge on any atom is -0.467 e. The van der Waals surface area contributed by atoms with Crippen molar-refractivity contribution in [3.63, 3.8) is 0 Å². The lowest BCUT2D eigenvalue weighted by Crippen LogP contribution is -2.43. The number of piperidine rings is 1. The summed E-state index contributed by atoms with van der Waals surface area (Å²) in [5.74, 6) is 1.35. The van der Waals surface area contributed by atoms with Crippen LogP contribution in [0.5, 0.6) is 0 Å². The van der Waals surface area contributed by atoms with E-state index in [1.807, 2.05) is 47.4 Å². The molecule has 4 nitrogen and oxygen atoms in total. The molecular formula is C20H25NO3. The van der Waals surface area contributed by atoms with Crippen LogP contribution in [0.4, 0.5) is 0 Å². The quantitative estimate of drug-likeness (QED) is 0.927. The van der Waals surface area contributed by atoms with Crippen molar-refractivity contribution >= 4 is 5.91 Å². The van der Waals surface area contributed by atoms with Gasteiger partial charge in [-0.3, -0.25) is 4.79 Å². The molecule has 24 heavy (non-hydrogen) atoms. The van der Waals surface area contributed by atoms with E-state index in [2.05, 4.69) is 6.92 Å². The highest BCUT2D eigenvalue weighted by molar-refractivity contribution is 5.78. The molecule has 3 atom stereocenters. The molecule has 4 heteroatoms. The van der Waals surface area contributed by atoms with Gasteiger partial charge in [-0.15, -0.1) is 0 Å². The third-order valence-corrected chi connectivity index (χ3v) is 4.95. The second-order valence-corrected chi connectivity index (χ2v) is 7.06. The summed E-state index contributed by atoms with van der Waals surface area (Å²) in [4.78, 5) is 14.8. The minimum atomic E-state index is -1.17. The summed E-state index contributed by atoms with van der Waals surface area (Å²) in [5, 5.41) is 10.8. The molecule has 2 heterocycles. The Balaban J connectivity index is 1.77. The number of aliphatic hydroxyl groups is 1. The third kappa shape index (κ3) is 3.54. The molecular weight excluding hydrogens is 302 g/mol. The summed E-state index contributed by atoms with van der Waals surface area (Å²) in [7, 11) is 0. The number of hydrogen-bond donors (Lipinski definition) is 1. The summed E-state index contributed by atoms with van der Waals surface area (Å²) in [6.07, 6.45) is 3.60. The average molecular weight is 327 g/mol. The molecule has 3 unspecified atom stereocenters. The second-order valence-electron chi connectivity index (χ2n) is 7.06. The molecule has 0 saturated carbocycles. The highest BCUT2D eigenvalue weighted by Crippen LogP contribution is 2.36. The van der Waals surface area contributed by atoms with Crippen LogP contribution in [0, 0.1) is 5.92 Å². The van der Waals surface area contributed by atoms with E-state index < -0.39 is 5.60 Å². The summed E-state index contributed by atoms with van der Waals surface area (Å²) < 4.78 is 5.56. The Morgan fingerprint density at radius 1 is 1.29 bits per heavy atom. The fraction of sp³-hybridized carbons (Fsp3) is 0.450. The number of rotatable bonds is 4. The minimum absolute atomic E-state index is 0.0304. The molecule has 1 fully saturated rings. The van der Waals surface area contributed by atoms with Gasteiger partial charge in [0.15, 0.2) is 0 Å². The zero-order valence-electron chi connectivity index (χ0n) is 14.3. The summed E-state index contributed by atoms with van der Waals surface area (Å²) in [5.41, 5.74) is -0.409. The molecule has 3 rings (SSSR count). The molecule has 0 spiro atoms. The Kier molecular flexibility index (Phi) is 4.76. The predicted molar refractivity (Wildman–Crippen MR) is 92.2 cm³/mol. The van der Waals surface area contributed by atoms with E-state index in [-0.39, 0.29) is 18.4 Å². The van der Waals surface area contributed by atoms with Crippen LogP contribution in [0.3, 0.4) is 0 Å². The molecule has 0 radical (unpaired) electrons. The maximum atomic E-state index is 12.9. The lowest BCUT2D eigenvalue weighted by atomic mass is 9.88. The first-order valence-corrected chi connectivity index (χ1v) is 8.58. The Bertz CT molecular complexity index is 663. The molecule has 1 aromatic carbocycles.